The van der Waals surface area contributed by atoms with Gasteiger partial charge in [-0.15, -0.1) is 0 Å². The number of benzene rings is 1. The number of hydrogen-bond donors (Lipinski definition) is 2. The first-order valence-corrected chi connectivity index (χ1v) is 6.36. The molecule has 1 heterocycles. The van der Waals surface area contributed by atoms with Crippen LogP contribution in [-0.2, 0) is 4.89 Å². The first-order valence-electron chi connectivity index (χ1n) is 6.36. The summed E-state index contributed by atoms with van der Waals surface area (Å²) in [5, 5.41) is 10.6. The van der Waals surface area contributed by atoms with Crippen molar-refractivity contribution in [2.45, 2.75) is 19.4 Å². The van der Waals surface area contributed by atoms with Gasteiger partial charge >= 0.3 is 6.08 Å². The molecule has 0 spiro atoms. The Hall–Kier alpha value is -1.73. The number of nitrogens with one attached hydrogen (secondary N) is 1. The summed E-state index contributed by atoms with van der Waals surface area (Å²) in [6, 6.07) is 4.91. The van der Waals surface area contributed by atoms with Crippen LogP contribution in [0.25, 0.3) is 0 Å². The molecule has 0 bridgehead atoms. The highest BCUT2D eigenvalue weighted by Gasteiger charge is 2.24. The zero-order valence-corrected chi connectivity index (χ0v) is 11.8. The third kappa shape index (κ3) is 5.65. The first kappa shape index (κ1) is 17.3. The molecule has 0 saturated carbocycles. The summed E-state index contributed by atoms with van der Waals surface area (Å²) in [5.41, 5.74) is 0.932. The van der Waals surface area contributed by atoms with Crippen LogP contribution in [0.1, 0.15) is 24.9 Å². The van der Waals surface area contributed by atoms with Crippen LogP contribution in [-0.4, -0.2) is 18.9 Å². The van der Waals surface area contributed by atoms with Crippen LogP contribution in [0.2, 0.25) is 0 Å². The molecule has 1 aliphatic rings. The van der Waals surface area contributed by atoms with E-state index in [0.29, 0.717) is 5.92 Å². The van der Waals surface area contributed by atoms with E-state index >= 15 is 0 Å². The highest BCUT2D eigenvalue weighted by Crippen LogP contribution is 2.33. The average molecular weight is 305 g/mol. The van der Waals surface area contributed by atoms with Crippen molar-refractivity contribution in [1.29, 1.82) is 0 Å². The topological polar surface area (TPSA) is 50.7 Å². The quantitative estimate of drug-likeness (QED) is 0.508. The van der Waals surface area contributed by atoms with Gasteiger partial charge in [0.2, 0.25) is 0 Å². The second-order valence-electron chi connectivity index (χ2n) is 4.70. The van der Waals surface area contributed by atoms with Gasteiger partial charge in [0, 0.05) is 11.6 Å². The normalized spacial score (nSPS) is 20.3. The summed E-state index contributed by atoms with van der Waals surface area (Å²) in [6.07, 6.45) is -1.09. The monoisotopic (exact) mass is 305 g/mol. The van der Waals surface area contributed by atoms with Gasteiger partial charge in [-0.1, -0.05) is 6.92 Å². The summed E-state index contributed by atoms with van der Waals surface area (Å²) in [5.74, 6) is 1.21. The minimum Gasteiger partial charge on any atom is -0.496 e. The minimum atomic E-state index is -2.06. The van der Waals surface area contributed by atoms with Crippen molar-refractivity contribution >= 4 is 0 Å². The molecule has 2 rings (SSSR count). The van der Waals surface area contributed by atoms with E-state index in [9.17, 15) is 13.2 Å². The SMILES string of the molecule is COc1ccc(F)cc1C1C[C@@H](C)CN1.OOC=C(F)F. The standard InChI is InChI=1S/C12H16FNO.C2H2F2O2/c1-8-5-11(14-7-8)10-6-9(13)3-4-12(10)15-2;3-2(4)1-6-5/h3-4,6,8,11,14H,5,7H2,1-2H3;1,5H/t8-,11?;/m1./s1. The lowest BCUT2D eigenvalue weighted by atomic mass is 10.0. The van der Waals surface area contributed by atoms with Crippen molar-refractivity contribution in [2.24, 2.45) is 5.92 Å². The van der Waals surface area contributed by atoms with Crippen LogP contribution < -0.4 is 10.1 Å². The predicted molar refractivity (Wildman–Crippen MR) is 71.5 cm³/mol. The first-order chi connectivity index (χ1) is 9.97. The van der Waals surface area contributed by atoms with Crippen molar-refractivity contribution in [3.63, 3.8) is 0 Å². The summed E-state index contributed by atoms with van der Waals surface area (Å²) < 4.78 is 39.6. The second kappa shape index (κ2) is 8.53. The molecule has 0 amide bonds. The van der Waals surface area contributed by atoms with E-state index in [1.54, 1.807) is 19.2 Å². The van der Waals surface area contributed by atoms with E-state index in [1.807, 2.05) is 0 Å². The van der Waals surface area contributed by atoms with Gasteiger partial charge in [-0.2, -0.15) is 8.78 Å². The predicted octanol–water partition coefficient (Wildman–Crippen LogP) is 3.72. The zero-order valence-electron chi connectivity index (χ0n) is 11.8. The summed E-state index contributed by atoms with van der Waals surface area (Å²) in [6.45, 7) is 3.18. The van der Waals surface area contributed by atoms with Crippen molar-refractivity contribution < 1.29 is 28.1 Å². The molecule has 1 fully saturated rings. The molecule has 1 aromatic carbocycles. The number of ether oxygens (including phenoxy) is 1. The highest BCUT2D eigenvalue weighted by atomic mass is 19.3. The molecule has 1 saturated heterocycles. The smallest absolute Gasteiger partial charge is 0.308 e. The van der Waals surface area contributed by atoms with Crippen LogP contribution in [0.15, 0.2) is 30.5 Å². The Labute approximate surface area is 121 Å². The van der Waals surface area contributed by atoms with Crippen molar-refractivity contribution in [3.05, 3.63) is 41.9 Å². The van der Waals surface area contributed by atoms with E-state index in [-0.39, 0.29) is 18.1 Å². The van der Waals surface area contributed by atoms with Gasteiger partial charge in [0.15, 0.2) is 6.26 Å². The molecular weight excluding hydrogens is 287 g/mol. The van der Waals surface area contributed by atoms with Crippen LogP contribution in [0.4, 0.5) is 13.2 Å². The van der Waals surface area contributed by atoms with Crippen LogP contribution in [0.5, 0.6) is 5.75 Å². The molecule has 2 N–H and O–H groups in total. The number of halogens is 3. The number of rotatable bonds is 3. The molecule has 0 aliphatic carbocycles. The minimum absolute atomic E-state index is 0.0694. The molecule has 21 heavy (non-hydrogen) atoms. The Morgan fingerprint density at radius 3 is 2.57 bits per heavy atom. The average Bonchev–Trinajstić information content (AvgIpc) is 2.86. The van der Waals surface area contributed by atoms with Crippen molar-refractivity contribution in [3.8, 4) is 5.75 Å². The fourth-order valence-electron chi connectivity index (χ4n) is 2.17. The molecule has 118 valence electrons. The van der Waals surface area contributed by atoms with Crippen LogP contribution in [0, 0.1) is 11.7 Å². The van der Waals surface area contributed by atoms with Gasteiger partial charge in [0.25, 0.3) is 0 Å². The maximum absolute atomic E-state index is 13.2. The lowest BCUT2D eigenvalue weighted by Crippen LogP contribution is -2.14. The summed E-state index contributed by atoms with van der Waals surface area (Å²) in [4.78, 5) is 2.89. The van der Waals surface area contributed by atoms with E-state index in [4.69, 9.17) is 9.99 Å². The number of methoxy groups -OCH3 is 1. The van der Waals surface area contributed by atoms with Gasteiger partial charge in [-0.3, -0.25) is 0 Å². The molecule has 4 nitrogen and oxygen atoms in total. The fraction of sp³-hybridized carbons (Fsp3) is 0.429. The Morgan fingerprint density at radius 1 is 1.43 bits per heavy atom. The molecule has 0 radical (unpaired) electrons. The van der Waals surface area contributed by atoms with Crippen LogP contribution in [0.3, 0.4) is 0 Å². The second-order valence-corrected chi connectivity index (χ2v) is 4.70. The summed E-state index contributed by atoms with van der Waals surface area (Å²) >= 11 is 0. The van der Waals surface area contributed by atoms with E-state index in [2.05, 4.69) is 17.1 Å². The van der Waals surface area contributed by atoms with Gasteiger partial charge in [-0.05, 0) is 37.1 Å². The van der Waals surface area contributed by atoms with Crippen LogP contribution >= 0.6 is 0 Å². The van der Waals surface area contributed by atoms with Crippen molar-refractivity contribution in [2.75, 3.05) is 13.7 Å². The van der Waals surface area contributed by atoms with Crippen molar-refractivity contribution in [1.82, 2.24) is 5.32 Å². The maximum atomic E-state index is 13.2. The molecule has 1 unspecified atom stereocenters. The van der Waals surface area contributed by atoms with E-state index in [1.165, 1.54) is 6.07 Å². The van der Waals surface area contributed by atoms with E-state index < -0.39 is 6.08 Å². The summed E-state index contributed by atoms with van der Waals surface area (Å²) in [7, 11) is 1.62. The highest BCUT2D eigenvalue weighted by molar-refractivity contribution is 5.37. The molecule has 2 atom stereocenters. The molecule has 1 aromatic rings. The molecular formula is C14H18F3NO3. The molecule has 1 aliphatic heterocycles. The zero-order chi connectivity index (χ0) is 15.8. The van der Waals surface area contributed by atoms with E-state index in [0.717, 1.165) is 24.3 Å². The lowest BCUT2D eigenvalue weighted by Gasteiger charge is -2.14. The largest absolute Gasteiger partial charge is 0.496 e. The van der Waals surface area contributed by atoms with Gasteiger partial charge in [-0.25, -0.2) is 9.65 Å². The maximum Gasteiger partial charge on any atom is 0.308 e. The third-order valence-corrected chi connectivity index (χ3v) is 3.06. The Bertz CT molecular complexity index is 479. The van der Waals surface area contributed by atoms with Gasteiger partial charge < -0.3 is 14.9 Å². The van der Waals surface area contributed by atoms with Gasteiger partial charge in [0.1, 0.15) is 11.6 Å². The Balaban J connectivity index is 0.000000315. The Morgan fingerprint density at radius 2 is 2.14 bits per heavy atom. The fourth-order valence-corrected chi connectivity index (χ4v) is 2.17. The molecule has 7 heteroatoms. The molecule has 0 aromatic heterocycles. The Kier molecular flexibility index (Phi) is 7.04. The number of hydrogen-bond acceptors (Lipinski definition) is 4. The van der Waals surface area contributed by atoms with Gasteiger partial charge in [0.05, 0.1) is 7.11 Å². The lowest BCUT2D eigenvalue weighted by molar-refractivity contribution is -0.189. The third-order valence-electron chi connectivity index (χ3n) is 3.06.